The van der Waals surface area contributed by atoms with E-state index in [0.29, 0.717) is 11.8 Å². The minimum absolute atomic E-state index is 0.0120. The third kappa shape index (κ3) is 3.58. The molecule has 0 radical (unpaired) electrons. The summed E-state index contributed by atoms with van der Waals surface area (Å²) in [5.74, 6) is 0.520. The first-order chi connectivity index (χ1) is 14.6. The van der Waals surface area contributed by atoms with E-state index in [0.717, 1.165) is 56.8 Å². The number of esters is 2. The molecule has 3 saturated carbocycles. The molecule has 0 saturated heterocycles. The van der Waals surface area contributed by atoms with Gasteiger partial charge in [0.15, 0.2) is 0 Å². The van der Waals surface area contributed by atoms with Gasteiger partial charge < -0.3 is 9.47 Å². The van der Waals surface area contributed by atoms with Crippen LogP contribution in [0.1, 0.15) is 79.6 Å². The van der Waals surface area contributed by atoms with E-state index >= 15 is 0 Å². The lowest BCUT2D eigenvalue weighted by Gasteiger charge is -2.58. The topological polar surface area (TPSA) is 69.7 Å². The van der Waals surface area contributed by atoms with E-state index in [-0.39, 0.29) is 40.9 Å². The largest absolute Gasteiger partial charge is 0.463 e. The lowest BCUT2D eigenvalue weighted by atomic mass is 9.48. The van der Waals surface area contributed by atoms with Gasteiger partial charge in [0.25, 0.3) is 0 Å². The van der Waals surface area contributed by atoms with Crippen molar-refractivity contribution in [3.8, 4) is 0 Å². The third-order valence-electron chi connectivity index (χ3n) is 9.06. The van der Waals surface area contributed by atoms with Crippen LogP contribution in [0.15, 0.2) is 22.8 Å². The van der Waals surface area contributed by atoms with Crippen LogP contribution in [0.4, 0.5) is 0 Å². The molecule has 5 heteroatoms. The fourth-order valence-corrected chi connectivity index (χ4v) is 7.73. The summed E-state index contributed by atoms with van der Waals surface area (Å²) in [4.78, 5) is 35.1. The minimum Gasteiger partial charge on any atom is -0.463 e. The number of hydrogen-bond acceptors (Lipinski definition) is 5. The summed E-state index contributed by atoms with van der Waals surface area (Å²) in [5.41, 5.74) is 3.69. The summed E-state index contributed by atoms with van der Waals surface area (Å²) in [6.07, 6.45) is 9.60. The number of carbonyl (C=O) groups is 3. The second kappa shape index (κ2) is 7.90. The summed E-state index contributed by atoms with van der Waals surface area (Å²) in [7, 11) is 0. The highest BCUT2D eigenvalue weighted by Crippen LogP contribution is 2.66. The van der Waals surface area contributed by atoms with Crippen LogP contribution >= 0.6 is 0 Å². The molecule has 4 aliphatic rings. The van der Waals surface area contributed by atoms with E-state index in [1.807, 2.05) is 6.92 Å². The van der Waals surface area contributed by atoms with Gasteiger partial charge in [0.2, 0.25) is 0 Å². The summed E-state index contributed by atoms with van der Waals surface area (Å²) in [6.45, 7) is 9.56. The molecule has 0 spiro atoms. The highest BCUT2D eigenvalue weighted by Gasteiger charge is 2.59. The molecule has 0 aromatic rings. The molecule has 3 unspecified atom stereocenters. The van der Waals surface area contributed by atoms with E-state index < -0.39 is 0 Å². The van der Waals surface area contributed by atoms with Gasteiger partial charge in [-0.3, -0.25) is 14.4 Å². The molecule has 0 aromatic heterocycles. The van der Waals surface area contributed by atoms with Gasteiger partial charge in [-0.05, 0) is 80.1 Å². The lowest BCUT2D eigenvalue weighted by Crippen LogP contribution is -2.54. The Hall–Kier alpha value is -1.91. The maximum absolute atomic E-state index is 12.0. The molecule has 7 atom stereocenters. The number of fused-ring (bicyclic) bond motifs is 5. The van der Waals surface area contributed by atoms with Crippen LogP contribution in [0.25, 0.3) is 0 Å². The Morgan fingerprint density at radius 3 is 2.35 bits per heavy atom. The molecule has 4 aliphatic carbocycles. The maximum atomic E-state index is 12.0. The first-order valence-electron chi connectivity index (χ1n) is 11.8. The van der Waals surface area contributed by atoms with E-state index in [2.05, 4.69) is 19.9 Å². The van der Waals surface area contributed by atoms with Crippen molar-refractivity contribution in [3.05, 3.63) is 22.8 Å². The first kappa shape index (κ1) is 22.3. The van der Waals surface area contributed by atoms with Crippen molar-refractivity contribution in [2.24, 2.45) is 28.6 Å². The van der Waals surface area contributed by atoms with Crippen LogP contribution in [0.5, 0.6) is 0 Å². The Kier molecular flexibility index (Phi) is 5.68. The van der Waals surface area contributed by atoms with Crippen molar-refractivity contribution in [1.29, 1.82) is 0 Å². The second-order valence-corrected chi connectivity index (χ2v) is 10.7. The van der Waals surface area contributed by atoms with Crippen LogP contribution in [-0.4, -0.2) is 30.4 Å². The summed E-state index contributed by atoms with van der Waals surface area (Å²) in [5, 5.41) is 0. The molecule has 170 valence electrons. The standard InChI is InChI=1S/C26H36O5/c1-15(14-27)20-6-7-21-19-13-24(31-17(3)29)23-12-18(30-16(2)28)8-10-26(23,5)22(19)9-11-25(20,21)4/h9,14,18-19,21,23-24H,6-8,10-13H2,1-5H3/b20-15+/t18-,19?,21?,23?,24-,25+,26+/m0/s1. The predicted molar refractivity (Wildman–Crippen MR) is 117 cm³/mol. The molecule has 5 nitrogen and oxygen atoms in total. The number of ether oxygens (including phenoxy) is 2. The lowest BCUT2D eigenvalue weighted by molar-refractivity contribution is -0.167. The first-order valence-corrected chi connectivity index (χ1v) is 11.8. The molecule has 31 heavy (non-hydrogen) atoms. The highest BCUT2D eigenvalue weighted by atomic mass is 16.5. The van der Waals surface area contributed by atoms with Gasteiger partial charge >= 0.3 is 11.9 Å². The Morgan fingerprint density at radius 1 is 1.00 bits per heavy atom. The molecular weight excluding hydrogens is 392 g/mol. The van der Waals surface area contributed by atoms with Gasteiger partial charge in [0, 0.05) is 19.8 Å². The fraction of sp³-hybridized carbons (Fsp3) is 0.731. The summed E-state index contributed by atoms with van der Waals surface area (Å²) >= 11 is 0. The monoisotopic (exact) mass is 428 g/mol. The SMILES string of the molecule is CC(=O)O[C@H]1CC[C@]2(C)C3=CC[C@]4(C)/C(=C(\C)C=O)CCC4C3C[C@H](OC(C)=O)C2C1. The van der Waals surface area contributed by atoms with Crippen molar-refractivity contribution < 1.29 is 23.9 Å². The van der Waals surface area contributed by atoms with Crippen molar-refractivity contribution in [2.45, 2.75) is 91.8 Å². The normalized spacial score (nSPS) is 43.0. The molecule has 3 fully saturated rings. The van der Waals surface area contributed by atoms with E-state index in [9.17, 15) is 14.4 Å². The van der Waals surface area contributed by atoms with Crippen LogP contribution < -0.4 is 0 Å². The van der Waals surface area contributed by atoms with Crippen molar-refractivity contribution >= 4 is 18.2 Å². The van der Waals surface area contributed by atoms with Crippen LogP contribution in [0.3, 0.4) is 0 Å². The Balaban J connectivity index is 1.72. The summed E-state index contributed by atoms with van der Waals surface area (Å²) < 4.78 is 11.5. The minimum atomic E-state index is -0.241. The zero-order valence-electron chi connectivity index (χ0n) is 19.5. The summed E-state index contributed by atoms with van der Waals surface area (Å²) in [6, 6.07) is 0. The predicted octanol–water partition coefficient (Wildman–Crippen LogP) is 4.94. The van der Waals surface area contributed by atoms with Gasteiger partial charge in [0.1, 0.15) is 18.5 Å². The second-order valence-electron chi connectivity index (χ2n) is 10.7. The van der Waals surface area contributed by atoms with Crippen LogP contribution in [0.2, 0.25) is 0 Å². The number of aldehydes is 1. The van der Waals surface area contributed by atoms with E-state index in [4.69, 9.17) is 9.47 Å². The zero-order chi connectivity index (χ0) is 22.6. The Bertz CT molecular complexity index is 854. The van der Waals surface area contributed by atoms with Gasteiger partial charge in [0.05, 0.1) is 0 Å². The molecule has 4 rings (SSSR count). The van der Waals surface area contributed by atoms with Gasteiger partial charge in [-0.15, -0.1) is 0 Å². The van der Waals surface area contributed by atoms with E-state index in [1.165, 1.54) is 25.0 Å². The maximum Gasteiger partial charge on any atom is 0.302 e. The van der Waals surface area contributed by atoms with Gasteiger partial charge in [-0.2, -0.15) is 0 Å². The zero-order valence-corrected chi connectivity index (χ0v) is 19.5. The quantitative estimate of drug-likeness (QED) is 0.276. The molecule has 0 aliphatic heterocycles. The molecule has 0 aromatic carbocycles. The molecule has 0 heterocycles. The Labute approximate surface area is 185 Å². The number of rotatable bonds is 3. The molecular formula is C26H36O5. The fourth-order valence-electron chi connectivity index (χ4n) is 7.73. The van der Waals surface area contributed by atoms with Gasteiger partial charge in [-0.1, -0.05) is 31.1 Å². The number of carbonyl (C=O) groups excluding carboxylic acids is 3. The molecule has 0 amide bonds. The molecule has 0 bridgehead atoms. The average Bonchev–Trinajstić information content (AvgIpc) is 3.05. The average molecular weight is 429 g/mol. The molecule has 0 N–H and O–H groups in total. The highest BCUT2D eigenvalue weighted by molar-refractivity contribution is 5.74. The van der Waals surface area contributed by atoms with E-state index in [1.54, 1.807) is 0 Å². The van der Waals surface area contributed by atoms with Crippen molar-refractivity contribution in [3.63, 3.8) is 0 Å². The Morgan fingerprint density at radius 2 is 1.71 bits per heavy atom. The van der Waals surface area contributed by atoms with Gasteiger partial charge in [-0.25, -0.2) is 0 Å². The third-order valence-corrected chi connectivity index (χ3v) is 9.06. The van der Waals surface area contributed by atoms with Crippen molar-refractivity contribution in [2.75, 3.05) is 0 Å². The van der Waals surface area contributed by atoms with Crippen molar-refractivity contribution in [1.82, 2.24) is 0 Å². The number of hydrogen-bond donors (Lipinski definition) is 0. The smallest absolute Gasteiger partial charge is 0.302 e. The number of allylic oxidation sites excluding steroid dienone is 4. The van der Waals surface area contributed by atoms with Crippen LogP contribution in [-0.2, 0) is 23.9 Å². The van der Waals surface area contributed by atoms with Crippen LogP contribution in [0, 0.1) is 28.6 Å².